The van der Waals surface area contributed by atoms with Crippen molar-refractivity contribution in [2.45, 2.75) is 6.92 Å². The fraction of sp³-hybridized carbons (Fsp3) is 0.176. The molecule has 25 heavy (non-hydrogen) atoms. The molecule has 0 spiro atoms. The highest BCUT2D eigenvalue weighted by atomic mass is 79.9. The third kappa shape index (κ3) is 5.39. The number of hydrogen-bond donors (Lipinski definition) is 1. The maximum atomic E-state index is 12.0. The average molecular weight is 407 g/mol. The van der Waals surface area contributed by atoms with Crippen LogP contribution in [0.4, 0.5) is 5.69 Å². The van der Waals surface area contributed by atoms with E-state index < -0.39 is 24.5 Å². The van der Waals surface area contributed by atoms with Crippen molar-refractivity contribution in [1.29, 1.82) is 0 Å². The molecule has 0 aliphatic heterocycles. The Morgan fingerprint density at radius 3 is 2.60 bits per heavy atom. The Hall–Kier alpha value is -2.74. The van der Waals surface area contributed by atoms with Crippen LogP contribution in [0.2, 0.25) is 0 Å². The number of nitrogens with zero attached hydrogens (tertiary/aromatic N) is 1. The predicted octanol–water partition coefficient (Wildman–Crippen LogP) is 2.82. The Kier molecular flexibility index (Phi) is 6.64. The first-order valence-electron chi connectivity index (χ1n) is 7.35. The standard InChI is InChI=1S/C17H15BrN2O5/c1-2-24-17(23)13-5-3-4-6-14(13)20-15(21)10-25-16(22)11-7-12(18)9-19-8-11/h3-9H,2,10H2,1H3,(H,20,21). The number of pyridine rings is 1. The van der Waals surface area contributed by atoms with Crippen LogP contribution >= 0.6 is 15.9 Å². The number of rotatable bonds is 6. The number of amides is 1. The van der Waals surface area contributed by atoms with Crippen LogP contribution in [0.1, 0.15) is 27.6 Å². The highest BCUT2D eigenvalue weighted by molar-refractivity contribution is 9.10. The molecule has 1 aromatic heterocycles. The number of hydrogen-bond acceptors (Lipinski definition) is 6. The maximum absolute atomic E-state index is 12.0. The van der Waals surface area contributed by atoms with Crippen molar-refractivity contribution in [3.8, 4) is 0 Å². The number of para-hydroxylation sites is 1. The number of ether oxygens (including phenoxy) is 2. The van der Waals surface area contributed by atoms with Gasteiger partial charge in [0.1, 0.15) is 0 Å². The van der Waals surface area contributed by atoms with Crippen LogP contribution in [0.15, 0.2) is 47.2 Å². The fourth-order valence-corrected chi connectivity index (χ4v) is 2.27. The zero-order valence-electron chi connectivity index (χ0n) is 13.3. The van der Waals surface area contributed by atoms with Crippen LogP contribution in [-0.4, -0.2) is 36.0 Å². The Morgan fingerprint density at radius 1 is 1.12 bits per heavy atom. The minimum absolute atomic E-state index is 0.217. The van der Waals surface area contributed by atoms with Gasteiger partial charge in [0.2, 0.25) is 0 Å². The lowest BCUT2D eigenvalue weighted by molar-refractivity contribution is -0.119. The fourth-order valence-electron chi connectivity index (χ4n) is 1.90. The number of carbonyl (C=O) groups excluding carboxylic acids is 3. The minimum Gasteiger partial charge on any atom is -0.462 e. The Balaban J connectivity index is 1.97. The van der Waals surface area contributed by atoms with Gasteiger partial charge in [0, 0.05) is 16.9 Å². The number of carbonyl (C=O) groups is 3. The van der Waals surface area contributed by atoms with Crippen molar-refractivity contribution in [3.63, 3.8) is 0 Å². The van der Waals surface area contributed by atoms with Crippen molar-refractivity contribution < 1.29 is 23.9 Å². The van der Waals surface area contributed by atoms with Gasteiger partial charge in [-0.25, -0.2) is 9.59 Å². The second kappa shape index (κ2) is 8.93. The van der Waals surface area contributed by atoms with Crippen molar-refractivity contribution in [1.82, 2.24) is 4.98 Å². The van der Waals surface area contributed by atoms with E-state index in [-0.39, 0.29) is 23.4 Å². The smallest absolute Gasteiger partial charge is 0.340 e. The molecule has 1 aromatic carbocycles. The quantitative estimate of drug-likeness (QED) is 0.741. The number of nitrogens with one attached hydrogen (secondary N) is 1. The first kappa shape index (κ1) is 18.6. The van der Waals surface area contributed by atoms with Gasteiger partial charge in [-0.1, -0.05) is 12.1 Å². The molecular formula is C17H15BrN2O5. The summed E-state index contributed by atoms with van der Waals surface area (Å²) in [6, 6.07) is 7.94. The van der Waals surface area contributed by atoms with Gasteiger partial charge in [0.25, 0.3) is 5.91 Å². The summed E-state index contributed by atoms with van der Waals surface area (Å²) in [6.07, 6.45) is 2.86. The largest absolute Gasteiger partial charge is 0.462 e. The molecule has 8 heteroatoms. The summed E-state index contributed by atoms with van der Waals surface area (Å²) >= 11 is 3.20. The van der Waals surface area contributed by atoms with E-state index in [1.165, 1.54) is 24.5 Å². The molecule has 0 saturated heterocycles. The van der Waals surface area contributed by atoms with E-state index in [1.54, 1.807) is 25.1 Å². The van der Waals surface area contributed by atoms with Gasteiger partial charge in [0.15, 0.2) is 6.61 Å². The first-order valence-corrected chi connectivity index (χ1v) is 8.14. The normalized spacial score (nSPS) is 10.0. The molecule has 0 aliphatic carbocycles. The Bertz CT molecular complexity index is 794. The molecule has 0 saturated carbocycles. The lowest BCUT2D eigenvalue weighted by Crippen LogP contribution is -2.22. The van der Waals surface area contributed by atoms with E-state index in [0.717, 1.165) is 0 Å². The van der Waals surface area contributed by atoms with Gasteiger partial charge in [-0.2, -0.15) is 0 Å². The maximum Gasteiger partial charge on any atom is 0.340 e. The zero-order valence-corrected chi connectivity index (χ0v) is 14.9. The summed E-state index contributed by atoms with van der Waals surface area (Å²) in [5.74, 6) is -1.80. The average Bonchev–Trinajstić information content (AvgIpc) is 2.60. The van der Waals surface area contributed by atoms with Crippen LogP contribution in [0.3, 0.4) is 0 Å². The van der Waals surface area contributed by atoms with Crippen LogP contribution in [0.25, 0.3) is 0 Å². The highest BCUT2D eigenvalue weighted by Crippen LogP contribution is 2.16. The van der Waals surface area contributed by atoms with Gasteiger partial charge in [-0.05, 0) is 41.1 Å². The van der Waals surface area contributed by atoms with Gasteiger partial charge in [-0.15, -0.1) is 0 Å². The van der Waals surface area contributed by atoms with E-state index in [1.807, 2.05) is 0 Å². The van der Waals surface area contributed by atoms with Gasteiger partial charge in [0.05, 0.1) is 23.4 Å². The summed E-state index contributed by atoms with van der Waals surface area (Å²) in [5.41, 5.74) is 0.723. The minimum atomic E-state index is -0.678. The zero-order chi connectivity index (χ0) is 18.2. The van der Waals surface area contributed by atoms with Gasteiger partial charge >= 0.3 is 11.9 Å². The lowest BCUT2D eigenvalue weighted by Gasteiger charge is -2.10. The van der Waals surface area contributed by atoms with E-state index >= 15 is 0 Å². The lowest BCUT2D eigenvalue weighted by atomic mass is 10.2. The third-order valence-electron chi connectivity index (χ3n) is 2.97. The van der Waals surface area contributed by atoms with Crippen LogP contribution in [-0.2, 0) is 14.3 Å². The number of aromatic nitrogens is 1. The Labute approximate surface area is 152 Å². The van der Waals surface area contributed by atoms with Crippen molar-refractivity contribution >= 4 is 39.5 Å². The SMILES string of the molecule is CCOC(=O)c1ccccc1NC(=O)COC(=O)c1cncc(Br)c1. The molecule has 130 valence electrons. The first-order chi connectivity index (χ1) is 12.0. The number of anilines is 1. The molecule has 0 fully saturated rings. The topological polar surface area (TPSA) is 94.6 Å². The summed E-state index contributed by atoms with van der Waals surface area (Å²) in [4.78, 5) is 39.6. The van der Waals surface area contributed by atoms with E-state index in [0.29, 0.717) is 4.47 Å². The number of halogens is 1. The molecule has 2 rings (SSSR count). The molecule has 0 radical (unpaired) electrons. The molecule has 0 atom stereocenters. The Morgan fingerprint density at radius 2 is 1.88 bits per heavy atom. The van der Waals surface area contributed by atoms with E-state index in [9.17, 15) is 14.4 Å². The van der Waals surface area contributed by atoms with Crippen molar-refractivity contribution in [2.75, 3.05) is 18.5 Å². The monoisotopic (exact) mass is 406 g/mol. The second-order valence-corrected chi connectivity index (χ2v) is 5.70. The summed E-state index contributed by atoms with van der Waals surface area (Å²) in [6.45, 7) is 1.41. The molecule has 0 unspecified atom stereocenters. The molecule has 1 heterocycles. The van der Waals surface area contributed by atoms with Crippen molar-refractivity contribution in [2.24, 2.45) is 0 Å². The second-order valence-electron chi connectivity index (χ2n) is 4.78. The van der Waals surface area contributed by atoms with Crippen LogP contribution < -0.4 is 5.32 Å². The van der Waals surface area contributed by atoms with Gasteiger partial charge < -0.3 is 14.8 Å². The molecule has 2 aromatic rings. The molecule has 1 N–H and O–H groups in total. The number of esters is 2. The third-order valence-corrected chi connectivity index (χ3v) is 3.41. The predicted molar refractivity (Wildman–Crippen MR) is 93.2 cm³/mol. The highest BCUT2D eigenvalue weighted by Gasteiger charge is 2.15. The van der Waals surface area contributed by atoms with E-state index in [2.05, 4.69) is 26.2 Å². The number of benzene rings is 1. The van der Waals surface area contributed by atoms with E-state index in [4.69, 9.17) is 9.47 Å². The van der Waals surface area contributed by atoms with Crippen LogP contribution in [0.5, 0.6) is 0 Å². The summed E-state index contributed by atoms with van der Waals surface area (Å²) in [5, 5.41) is 2.53. The molecule has 1 amide bonds. The molecule has 0 bridgehead atoms. The molecule has 0 aliphatic rings. The summed E-state index contributed by atoms with van der Waals surface area (Å²) < 4.78 is 10.5. The molecule has 7 nitrogen and oxygen atoms in total. The summed E-state index contributed by atoms with van der Waals surface area (Å²) in [7, 11) is 0. The molecular weight excluding hydrogens is 392 g/mol. The van der Waals surface area contributed by atoms with Crippen LogP contribution in [0, 0.1) is 0 Å². The van der Waals surface area contributed by atoms with Crippen molar-refractivity contribution in [3.05, 3.63) is 58.3 Å². The van der Waals surface area contributed by atoms with Gasteiger partial charge in [-0.3, -0.25) is 9.78 Å².